The van der Waals surface area contributed by atoms with Crippen molar-refractivity contribution in [3.05, 3.63) is 58.6 Å². The quantitative estimate of drug-likeness (QED) is 0.732. The number of nitrogens with two attached hydrogens (primary N) is 1. The molecule has 3 rings (SSSR count). The summed E-state index contributed by atoms with van der Waals surface area (Å²) in [5.74, 6) is 1.63. The van der Waals surface area contributed by atoms with Crippen LogP contribution in [0.15, 0.2) is 47.5 Å². The Morgan fingerprint density at radius 1 is 1.13 bits per heavy atom. The standard InChI is InChI=1S/C16H15BrN6/c1-10-6-20-15(21-7-10)12-4-2-3-11(5-12)8-22-16-14(18)19-9-13(17)23-16/h2-7,9H,8H2,1H3,(H2,18,19)(H,22,23). The van der Waals surface area contributed by atoms with Gasteiger partial charge in [-0.15, -0.1) is 0 Å². The molecule has 6 nitrogen and oxygen atoms in total. The Kier molecular flexibility index (Phi) is 4.47. The lowest BCUT2D eigenvalue weighted by atomic mass is 10.1. The second-order valence-electron chi connectivity index (χ2n) is 5.06. The summed E-state index contributed by atoms with van der Waals surface area (Å²) in [6, 6.07) is 8.03. The molecule has 2 aromatic heterocycles. The van der Waals surface area contributed by atoms with Crippen LogP contribution in [-0.2, 0) is 6.54 Å². The Labute approximate surface area is 142 Å². The molecule has 0 radical (unpaired) electrons. The number of anilines is 2. The second kappa shape index (κ2) is 6.70. The van der Waals surface area contributed by atoms with Gasteiger partial charge in [0.1, 0.15) is 4.60 Å². The van der Waals surface area contributed by atoms with Crippen molar-refractivity contribution in [2.24, 2.45) is 0 Å². The average molecular weight is 371 g/mol. The van der Waals surface area contributed by atoms with Gasteiger partial charge in [0.2, 0.25) is 0 Å². The van der Waals surface area contributed by atoms with Gasteiger partial charge < -0.3 is 11.1 Å². The topological polar surface area (TPSA) is 89.6 Å². The summed E-state index contributed by atoms with van der Waals surface area (Å²) in [5.41, 5.74) is 8.90. The van der Waals surface area contributed by atoms with E-state index in [0.29, 0.717) is 28.6 Å². The van der Waals surface area contributed by atoms with E-state index >= 15 is 0 Å². The van der Waals surface area contributed by atoms with E-state index in [9.17, 15) is 0 Å². The van der Waals surface area contributed by atoms with Crippen molar-refractivity contribution in [1.29, 1.82) is 0 Å². The van der Waals surface area contributed by atoms with Gasteiger partial charge in [0.15, 0.2) is 17.5 Å². The van der Waals surface area contributed by atoms with Crippen LogP contribution in [-0.4, -0.2) is 19.9 Å². The number of benzene rings is 1. The zero-order valence-electron chi connectivity index (χ0n) is 12.5. The van der Waals surface area contributed by atoms with Gasteiger partial charge in [-0.2, -0.15) is 0 Å². The van der Waals surface area contributed by atoms with Crippen LogP contribution in [0.25, 0.3) is 11.4 Å². The van der Waals surface area contributed by atoms with Crippen LogP contribution >= 0.6 is 15.9 Å². The molecule has 0 saturated heterocycles. The molecule has 0 aliphatic rings. The van der Waals surface area contributed by atoms with Gasteiger partial charge in [-0.05, 0) is 40.0 Å². The van der Waals surface area contributed by atoms with Gasteiger partial charge in [-0.1, -0.05) is 18.2 Å². The summed E-state index contributed by atoms with van der Waals surface area (Å²) >= 11 is 3.28. The molecule has 0 unspecified atom stereocenters. The normalized spacial score (nSPS) is 10.5. The number of hydrogen-bond acceptors (Lipinski definition) is 6. The van der Waals surface area contributed by atoms with E-state index in [1.54, 1.807) is 6.20 Å². The third kappa shape index (κ3) is 3.81. The zero-order valence-corrected chi connectivity index (χ0v) is 14.1. The predicted octanol–water partition coefficient (Wildman–Crippen LogP) is 3.20. The molecule has 3 N–H and O–H groups in total. The molecule has 0 bridgehead atoms. The fourth-order valence-electron chi connectivity index (χ4n) is 2.05. The van der Waals surface area contributed by atoms with E-state index < -0.39 is 0 Å². The van der Waals surface area contributed by atoms with E-state index in [-0.39, 0.29) is 0 Å². The molecule has 2 heterocycles. The van der Waals surface area contributed by atoms with Crippen molar-refractivity contribution in [2.45, 2.75) is 13.5 Å². The van der Waals surface area contributed by atoms with E-state index in [4.69, 9.17) is 5.73 Å². The van der Waals surface area contributed by atoms with Gasteiger partial charge in [0, 0.05) is 24.5 Å². The third-order valence-electron chi connectivity index (χ3n) is 3.20. The lowest BCUT2D eigenvalue weighted by Crippen LogP contribution is -2.06. The summed E-state index contributed by atoms with van der Waals surface area (Å²) in [4.78, 5) is 17.0. The maximum Gasteiger partial charge on any atom is 0.170 e. The molecule has 7 heteroatoms. The number of nitrogens with one attached hydrogen (secondary N) is 1. The van der Waals surface area contributed by atoms with E-state index in [0.717, 1.165) is 16.7 Å². The minimum atomic E-state index is 0.367. The first-order valence-corrected chi connectivity index (χ1v) is 7.81. The van der Waals surface area contributed by atoms with Gasteiger partial charge >= 0.3 is 0 Å². The van der Waals surface area contributed by atoms with Gasteiger partial charge in [-0.25, -0.2) is 19.9 Å². The minimum Gasteiger partial charge on any atom is -0.381 e. The van der Waals surface area contributed by atoms with Crippen molar-refractivity contribution in [1.82, 2.24) is 19.9 Å². The van der Waals surface area contributed by atoms with Crippen molar-refractivity contribution < 1.29 is 0 Å². The van der Waals surface area contributed by atoms with E-state index in [1.165, 1.54) is 0 Å². The molecular weight excluding hydrogens is 356 g/mol. The molecule has 116 valence electrons. The van der Waals surface area contributed by atoms with E-state index in [2.05, 4.69) is 41.2 Å². The average Bonchev–Trinajstić information content (AvgIpc) is 2.57. The minimum absolute atomic E-state index is 0.367. The van der Waals surface area contributed by atoms with Crippen molar-refractivity contribution in [3.63, 3.8) is 0 Å². The maximum atomic E-state index is 5.81. The molecule has 23 heavy (non-hydrogen) atoms. The molecule has 1 aromatic carbocycles. The Balaban J connectivity index is 1.77. The highest BCUT2D eigenvalue weighted by atomic mass is 79.9. The molecule has 0 aliphatic heterocycles. The molecule has 0 saturated carbocycles. The number of nitrogen functional groups attached to an aromatic ring is 1. The van der Waals surface area contributed by atoms with Crippen molar-refractivity contribution >= 4 is 27.6 Å². The molecule has 0 fully saturated rings. The highest BCUT2D eigenvalue weighted by Gasteiger charge is 2.05. The summed E-state index contributed by atoms with van der Waals surface area (Å²) < 4.78 is 0.635. The number of hydrogen-bond donors (Lipinski definition) is 2. The first kappa shape index (κ1) is 15.4. The van der Waals surface area contributed by atoms with Gasteiger partial charge in [0.25, 0.3) is 0 Å². The van der Waals surface area contributed by atoms with Crippen LogP contribution in [0.3, 0.4) is 0 Å². The van der Waals surface area contributed by atoms with Gasteiger partial charge in [0.05, 0.1) is 6.20 Å². The summed E-state index contributed by atoms with van der Waals surface area (Å²) in [6.45, 7) is 2.54. The zero-order chi connectivity index (χ0) is 16.2. The molecular formula is C16H15BrN6. The number of nitrogens with zero attached hydrogens (tertiary/aromatic N) is 4. The number of rotatable bonds is 4. The largest absolute Gasteiger partial charge is 0.381 e. The molecule has 0 spiro atoms. The Morgan fingerprint density at radius 3 is 2.70 bits per heavy atom. The molecule has 3 aromatic rings. The summed E-state index contributed by atoms with van der Waals surface area (Å²) in [5, 5.41) is 3.19. The smallest absolute Gasteiger partial charge is 0.170 e. The van der Waals surface area contributed by atoms with Crippen LogP contribution in [0.2, 0.25) is 0 Å². The first-order valence-electron chi connectivity index (χ1n) is 7.01. The third-order valence-corrected chi connectivity index (χ3v) is 3.58. The molecule has 0 atom stereocenters. The lowest BCUT2D eigenvalue weighted by molar-refractivity contribution is 1.08. The highest BCUT2D eigenvalue weighted by molar-refractivity contribution is 9.10. The SMILES string of the molecule is Cc1cnc(-c2cccc(CNc3nc(Br)cnc3N)c2)nc1. The van der Waals surface area contributed by atoms with E-state index in [1.807, 2.05) is 43.6 Å². The van der Waals surface area contributed by atoms with Crippen LogP contribution in [0.1, 0.15) is 11.1 Å². The number of aromatic nitrogens is 4. The van der Waals surface area contributed by atoms with Crippen LogP contribution in [0.5, 0.6) is 0 Å². The van der Waals surface area contributed by atoms with Crippen molar-refractivity contribution in [2.75, 3.05) is 11.1 Å². The fourth-order valence-corrected chi connectivity index (χ4v) is 2.33. The van der Waals surface area contributed by atoms with Gasteiger partial charge in [-0.3, -0.25) is 0 Å². The van der Waals surface area contributed by atoms with Crippen LogP contribution in [0, 0.1) is 6.92 Å². The summed E-state index contributed by atoms with van der Waals surface area (Å²) in [7, 11) is 0. The Hall–Kier alpha value is -2.54. The Morgan fingerprint density at radius 2 is 1.91 bits per heavy atom. The van der Waals surface area contributed by atoms with Crippen LogP contribution in [0.4, 0.5) is 11.6 Å². The lowest BCUT2D eigenvalue weighted by Gasteiger charge is -2.09. The first-order chi connectivity index (χ1) is 11.1. The number of aryl methyl sites for hydroxylation is 1. The molecule has 0 aliphatic carbocycles. The van der Waals surface area contributed by atoms with Crippen LogP contribution < -0.4 is 11.1 Å². The maximum absolute atomic E-state index is 5.81. The predicted molar refractivity (Wildman–Crippen MR) is 93.7 cm³/mol. The fraction of sp³-hybridized carbons (Fsp3) is 0.125. The molecule has 0 amide bonds. The second-order valence-corrected chi connectivity index (χ2v) is 5.88. The number of halogens is 1. The van der Waals surface area contributed by atoms with Crippen molar-refractivity contribution in [3.8, 4) is 11.4 Å². The Bertz CT molecular complexity index is 819. The summed E-state index contributed by atoms with van der Waals surface area (Å²) in [6.07, 6.45) is 5.19. The highest BCUT2D eigenvalue weighted by Crippen LogP contribution is 2.19. The monoisotopic (exact) mass is 370 g/mol.